The van der Waals surface area contributed by atoms with Crippen LogP contribution in [0, 0.1) is 0 Å². The fraction of sp³-hybridized carbons (Fsp3) is 0.353. The Bertz CT molecular complexity index is 850. The van der Waals surface area contributed by atoms with Gasteiger partial charge in [-0.1, -0.05) is 12.1 Å². The van der Waals surface area contributed by atoms with E-state index < -0.39 is 10.0 Å². The number of sulfonamides is 1. The first-order chi connectivity index (χ1) is 11.9. The van der Waals surface area contributed by atoms with Crippen LogP contribution < -0.4 is 10.5 Å². The Morgan fingerprint density at radius 1 is 1.36 bits per heavy atom. The second-order valence-electron chi connectivity index (χ2n) is 6.15. The molecule has 1 aromatic heterocycles. The van der Waals surface area contributed by atoms with Gasteiger partial charge >= 0.3 is 0 Å². The number of nitrogens with two attached hydrogens (primary N) is 1. The predicted molar refractivity (Wildman–Crippen MR) is 98.9 cm³/mol. The Morgan fingerprint density at radius 3 is 2.84 bits per heavy atom. The number of thiophene rings is 1. The van der Waals surface area contributed by atoms with Crippen LogP contribution in [-0.2, 0) is 14.8 Å². The first-order valence-corrected chi connectivity index (χ1v) is 10.5. The normalized spacial score (nSPS) is 19.7. The van der Waals surface area contributed by atoms with Gasteiger partial charge in [-0.05, 0) is 56.0 Å². The minimum atomic E-state index is -3.80. The van der Waals surface area contributed by atoms with Crippen LogP contribution in [0.3, 0.4) is 0 Å². The second-order valence-corrected chi connectivity index (χ2v) is 8.69. The van der Waals surface area contributed by atoms with E-state index in [0.29, 0.717) is 5.69 Å². The van der Waals surface area contributed by atoms with Gasteiger partial charge in [0.15, 0.2) is 0 Å². The van der Waals surface area contributed by atoms with Crippen molar-refractivity contribution in [1.29, 1.82) is 0 Å². The smallest absolute Gasteiger partial charge is 0.241 e. The first kappa shape index (κ1) is 18.1. The van der Waals surface area contributed by atoms with Crippen LogP contribution in [-0.4, -0.2) is 31.8 Å². The van der Waals surface area contributed by atoms with E-state index in [1.165, 1.54) is 17.0 Å². The standard InChI is InChI=1S/C17H21N3O3S2/c1-12(20-9-3-7-15(20)16-8-4-10-24-16)17(21)19-13-5-2-6-14(11-13)25(18,22)23/h2,4-6,8,10-12,15H,3,7,9H2,1H3,(H,19,21)(H2,18,22,23)/t12-,15+/m1/s1. The Morgan fingerprint density at radius 2 is 2.16 bits per heavy atom. The lowest BCUT2D eigenvalue weighted by molar-refractivity contribution is -0.121. The highest BCUT2D eigenvalue weighted by Gasteiger charge is 2.33. The highest BCUT2D eigenvalue weighted by atomic mass is 32.2. The number of benzene rings is 1. The number of carbonyl (C=O) groups excluding carboxylic acids is 1. The van der Waals surface area contributed by atoms with Crippen LogP contribution in [0.4, 0.5) is 5.69 Å². The highest BCUT2D eigenvalue weighted by Crippen LogP contribution is 2.36. The molecular formula is C17H21N3O3S2. The molecular weight excluding hydrogens is 358 g/mol. The molecule has 0 aliphatic carbocycles. The van der Waals surface area contributed by atoms with Gasteiger partial charge in [0.2, 0.25) is 15.9 Å². The van der Waals surface area contributed by atoms with E-state index in [4.69, 9.17) is 5.14 Å². The van der Waals surface area contributed by atoms with E-state index in [1.54, 1.807) is 23.5 Å². The van der Waals surface area contributed by atoms with Crippen molar-refractivity contribution in [2.24, 2.45) is 5.14 Å². The summed E-state index contributed by atoms with van der Waals surface area (Å²) in [6, 6.07) is 10.1. The second kappa shape index (κ2) is 7.25. The maximum absolute atomic E-state index is 12.6. The number of hydrogen-bond acceptors (Lipinski definition) is 5. The maximum Gasteiger partial charge on any atom is 0.241 e. The lowest BCUT2D eigenvalue weighted by Gasteiger charge is -2.29. The molecule has 0 spiro atoms. The first-order valence-electron chi connectivity index (χ1n) is 8.09. The summed E-state index contributed by atoms with van der Waals surface area (Å²) in [6.45, 7) is 2.75. The number of carbonyl (C=O) groups is 1. The number of nitrogens with one attached hydrogen (secondary N) is 1. The number of likely N-dealkylation sites (tertiary alicyclic amines) is 1. The van der Waals surface area contributed by atoms with Gasteiger partial charge in [0, 0.05) is 16.6 Å². The summed E-state index contributed by atoms with van der Waals surface area (Å²) in [5, 5.41) is 9.99. The molecule has 1 saturated heterocycles. The van der Waals surface area contributed by atoms with E-state index in [0.717, 1.165) is 19.4 Å². The fourth-order valence-corrected chi connectivity index (χ4v) is 4.63. The maximum atomic E-state index is 12.6. The molecule has 1 fully saturated rings. The zero-order valence-corrected chi connectivity index (χ0v) is 15.5. The molecule has 2 atom stereocenters. The lowest BCUT2D eigenvalue weighted by Crippen LogP contribution is -2.41. The number of amides is 1. The van der Waals surface area contributed by atoms with Crippen LogP contribution in [0.2, 0.25) is 0 Å². The molecule has 2 aromatic rings. The predicted octanol–water partition coefficient (Wildman–Crippen LogP) is 2.56. The SMILES string of the molecule is C[C@H](C(=O)Nc1cccc(S(N)(=O)=O)c1)N1CCC[C@H]1c1cccs1. The van der Waals surface area contributed by atoms with Crippen LogP contribution in [0.5, 0.6) is 0 Å². The third kappa shape index (κ3) is 4.09. The fourth-order valence-electron chi connectivity index (χ4n) is 3.19. The van der Waals surface area contributed by atoms with Gasteiger partial charge in [0.25, 0.3) is 0 Å². The molecule has 134 valence electrons. The summed E-state index contributed by atoms with van der Waals surface area (Å²) < 4.78 is 22.9. The molecule has 1 aromatic carbocycles. The summed E-state index contributed by atoms with van der Waals surface area (Å²) in [4.78, 5) is 16.1. The molecule has 6 nitrogen and oxygen atoms in total. The van der Waals surface area contributed by atoms with Crippen molar-refractivity contribution in [3.63, 3.8) is 0 Å². The van der Waals surface area contributed by atoms with Gasteiger partial charge in [-0.15, -0.1) is 11.3 Å². The Hall–Kier alpha value is -1.74. The molecule has 25 heavy (non-hydrogen) atoms. The van der Waals surface area contributed by atoms with Crippen LogP contribution in [0.15, 0.2) is 46.7 Å². The molecule has 0 unspecified atom stereocenters. The topological polar surface area (TPSA) is 92.5 Å². The quantitative estimate of drug-likeness (QED) is 0.835. The summed E-state index contributed by atoms with van der Waals surface area (Å²) in [5.41, 5.74) is 0.426. The van der Waals surface area contributed by atoms with Crippen LogP contribution >= 0.6 is 11.3 Å². The highest BCUT2D eigenvalue weighted by molar-refractivity contribution is 7.89. The molecule has 3 N–H and O–H groups in total. The molecule has 1 aliphatic heterocycles. The van der Waals surface area contributed by atoms with Gasteiger partial charge in [0.1, 0.15) is 0 Å². The average Bonchev–Trinajstić information content (AvgIpc) is 3.24. The molecule has 1 aliphatic rings. The molecule has 8 heteroatoms. The van der Waals surface area contributed by atoms with Gasteiger partial charge in [-0.2, -0.15) is 0 Å². The largest absolute Gasteiger partial charge is 0.325 e. The van der Waals surface area contributed by atoms with E-state index in [-0.39, 0.29) is 22.9 Å². The van der Waals surface area contributed by atoms with Gasteiger partial charge in [0.05, 0.1) is 10.9 Å². The van der Waals surface area contributed by atoms with Gasteiger partial charge < -0.3 is 5.32 Å². The van der Waals surface area contributed by atoms with E-state index in [9.17, 15) is 13.2 Å². The number of nitrogens with zero attached hydrogens (tertiary/aromatic N) is 1. The van der Waals surface area contributed by atoms with Crippen molar-refractivity contribution < 1.29 is 13.2 Å². The molecule has 0 saturated carbocycles. The molecule has 0 radical (unpaired) electrons. The monoisotopic (exact) mass is 379 g/mol. The third-order valence-corrected chi connectivity index (χ3v) is 6.36. The van der Waals surface area contributed by atoms with Crippen molar-refractivity contribution in [2.45, 2.75) is 36.7 Å². The number of primary sulfonamides is 1. The minimum absolute atomic E-state index is 0.0180. The molecule has 0 bridgehead atoms. The van der Waals surface area contributed by atoms with Crippen molar-refractivity contribution in [1.82, 2.24) is 4.90 Å². The third-order valence-electron chi connectivity index (χ3n) is 4.47. The van der Waals surface area contributed by atoms with E-state index in [1.807, 2.05) is 13.0 Å². The molecule has 2 heterocycles. The van der Waals surface area contributed by atoms with Gasteiger partial charge in [-0.3, -0.25) is 9.69 Å². The lowest BCUT2D eigenvalue weighted by atomic mass is 10.1. The minimum Gasteiger partial charge on any atom is -0.325 e. The summed E-state index contributed by atoms with van der Waals surface area (Å²) in [7, 11) is -3.80. The van der Waals surface area contributed by atoms with Crippen molar-refractivity contribution in [3.05, 3.63) is 46.7 Å². The molecule has 1 amide bonds. The van der Waals surface area contributed by atoms with Crippen molar-refractivity contribution >= 4 is 33.0 Å². The summed E-state index contributed by atoms with van der Waals surface area (Å²) in [6.07, 6.45) is 2.10. The van der Waals surface area contributed by atoms with E-state index >= 15 is 0 Å². The molecule has 3 rings (SSSR count). The number of hydrogen-bond donors (Lipinski definition) is 2. The van der Waals surface area contributed by atoms with Crippen LogP contribution in [0.25, 0.3) is 0 Å². The van der Waals surface area contributed by atoms with Crippen LogP contribution in [0.1, 0.15) is 30.7 Å². The average molecular weight is 380 g/mol. The Kier molecular flexibility index (Phi) is 5.24. The van der Waals surface area contributed by atoms with E-state index in [2.05, 4.69) is 21.7 Å². The zero-order valence-electron chi connectivity index (χ0n) is 13.9. The Labute approximate surface area is 151 Å². The van der Waals surface area contributed by atoms with Gasteiger partial charge in [-0.25, -0.2) is 13.6 Å². The number of anilines is 1. The summed E-state index contributed by atoms with van der Waals surface area (Å²) in [5.74, 6) is -0.157. The van der Waals surface area contributed by atoms with Crippen molar-refractivity contribution in [2.75, 3.05) is 11.9 Å². The Balaban J connectivity index is 1.73. The number of rotatable bonds is 5. The summed E-state index contributed by atoms with van der Waals surface area (Å²) >= 11 is 1.71. The van der Waals surface area contributed by atoms with Crippen molar-refractivity contribution in [3.8, 4) is 0 Å². The zero-order chi connectivity index (χ0) is 18.0.